The van der Waals surface area contributed by atoms with Crippen molar-refractivity contribution in [1.29, 1.82) is 0 Å². The number of anilines is 1. The topological polar surface area (TPSA) is 104 Å². The van der Waals surface area contributed by atoms with Crippen molar-refractivity contribution >= 4 is 50.2 Å². The molecule has 0 aliphatic carbocycles. The van der Waals surface area contributed by atoms with Gasteiger partial charge in [0.2, 0.25) is 10.0 Å². The van der Waals surface area contributed by atoms with Crippen LogP contribution in [0.2, 0.25) is 0 Å². The summed E-state index contributed by atoms with van der Waals surface area (Å²) >= 11 is 1.99. The first-order chi connectivity index (χ1) is 12.8. The molecule has 0 aromatic heterocycles. The van der Waals surface area contributed by atoms with Crippen LogP contribution in [0.5, 0.6) is 0 Å². The highest BCUT2D eigenvalue weighted by Gasteiger charge is 2.27. The maximum atomic E-state index is 12.5. The fraction of sp³-hybridized carbons (Fsp3) is 0.222. The number of nitrogens with zero attached hydrogens (tertiary/aromatic N) is 1. The largest absolute Gasteiger partial charge is 0.478 e. The van der Waals surface area contributed by atoms with Gasteiger partial charge >= 0.3 is 5.97 Å². The Morgan fingerprint density at radius 3 is 2.26 bits per heavy atom. The van der Waals surface area contributed by atoms with Crippen molar-refractivity contribution in [3.63, 3.8) is 0 Å². The molecule has 0 radical (unpaired) electrons. The minimum absolute atomic E-state index is 0.0107. The Morgan fingerprint density at radius 1 is 1.04 bits per heavy atom. The first-order valence-corrected chi connectivity index (χ1v) is 10.8. The lowest BCUT2D eigenvalue weighted by atomic mass is 10.1. The minimum Gasteiger partial charge on any atom is -0.478 e. The lowest BCUT2D eigenvalue weighted by molar-refractivity contribution is 0.0698. The van der Waals surface area contributed by atoms with E-state index in [0.29, 0.717) is 13.1 Å². The van der Waals surface area contributed by atoms with Gasteiger partial charge in [0.25, 0.3) is 5.91 Å². The molecule has 1 aliphatic rings. The van der Waals surface area contributed by atoms with E-state index in [-0.39, 0.29) is 21.7 Å². The summed E-state index contributed by atoms with van der Waals surface area (Å²) < 4.78 is 27.2. The lowest BCUT2D eigenvalue weighted by Gasteiger charge is -2.15. The Hall–Kier alpha value is -1.98. The maximum Gasteiger partial charge on any atom is 0.337 e. The molecule has 0 atom stereocenters. The van der Waals surface area contributed by atoms with Crippen molar-refractivity contribution in [1.82, 2.24) is 4.31 Å². The molecule has 0 spiro atoms. The van der Waals surface area contributed by atoms with Gasteiger partial charge in [0, 0.05) is 22.2 Å². The van der Waals surface area contributed by atoms with Gasteiger partial charge < -0.3 is 10.4 Å². The number of hydrogen-bond donors (Lipinski definition) is 2. The van der Waals surface area contributed by atoms with Crippen LogP contribution in [0.1, 0.15) is 33.6 Å². The molecule has 1 amide bonds. The molecule has 0 saturated carbocycles. The second kappa shape index (κ2) is 7.95. The van der Waals surface area contributed by atoms with Crippen molar-refractivity contribution in [3.05, 3.63) is 57.2 Å². The number of nitrogens with one attached hydrogen (secondary N) is 1. The zero-order valence-electron chi connectivity index (χ0n) is 14.2. The number of hydrogen-bond acceptors (Lipinski definition) is 4. The highest BCUT2D eigenvalue weighted by atomic mass is 127. The van der Waals surface area contributed by atoms with E-state index in [1.165, 1.54) is 40.7 Å². The van der Waals surface area contributed by atoms with Crippen molar-refractivity contribution < 1.29 is 23.1 Å². The summed E-state index contributed by atoms with van der Waals surface area (Å²) in [6, 6.07) is 10.3. The fourth-order valence-electron chi connectivity index (χ4n) is 2.85. The number of carbonyl (C=O) groups excluding carboxylic acids is 1. The van der Waals surface area contributed by atoms with E-state index in [1.54, 1.807) is 6.07 Å². The SMILES string of the molecule is O=C(Nc1ccc(I)cc1C(=O)O)c1ccc(S(=O)(=O)N2CCCC2)cc1. The van der Waals surface area contributed by atoms with E-state index in [2.05, 4.69) is 5.32 Å². The second-order valence-electron chi connectivity index (χ2n) is 6.08. The maximum absolute atomic E-state index is 12.5. The minimum atomic E-state index is -3.54. The van der Waals surface area contributed by atoms with Gasteiger partial charge in [-0.1, -0.05) is 0 Å². The van der Waals surface area contributed by atoms with E-state index in [1.807, 2.05) is 22.6 Å². The molecule has 9 heteroatoms. The number of carboxylic acid groups (broad SMARTS) is 1. The van der Waals surface area contributed by atoms with Crippen molar-refractivity contribution in [3.8, 4) is 0 Å². The third-order valence-corrected chi connectivity index (χ3v) is 6.86. The van der Waals surface area contributed by atoms with Crippen LogP contribution in [0.15, 0.2) is 47.4 Å². The molecule has 2 aromatic carbocycles. The zero-order valence-corrected chi connectivity index (χ0v) is 17.2. The molecule has 27 heavy (non-hydrogen) atoms. The van der Waals surface area contributed by atoms with E-state index < -0.39 is 21.9 Å². The van der Waals surface area contributed by atoms with Crippen LogP contribution in [0, 0.1) is 3.57 Å². The van der Waals surface area contributed by atoms with Gasteiger partial charge in [0.15, 0.2) is 0 Å². The van der Waals surface area contributed by atoms with Gasteiger partial charge in [-0.05, 0) is 77.9 Å². The standard InChI is InChI=1S/C18H17IN2O5S/c19-13-5-8-16(15(11-13)18(23)24)20-17(22)12-3-6-14(7-4-12)27(25,26)21-9-1-2-10-21/h3-8,11H,1-2,9-10H2,(H,20,22)(H,23,24). The predicted octanol–water partition coefficient (Wildman–Crippen LogP) is 3.03. The summed E-state index contributed by atoms with van der Waals surface area (Å²) in [7, 11) is -3.54. The van der Waals surface area contributed by atoms with Crippen LogP contribution in [0.3, 0.4) is 0 Å². The summed E-state index contributed by atoms with van der Waals surface area (Å²) in [5, 5.41) is 11.8. The third-order valence-electron chi connectivity index (χ3n) is 4.28. The van der Waals surface area contributed by atoms with Gasteiger partial charge in [0.05, 0.1) is 16.1 Å². The number of rotatable bonds is 5. The van der Waals surface area contributed by atoms with Gasteiger partial charge in [-0.15, -0.1) is 0 Å². The molecular weight excluding hydrogens is 483 g/mol. The molecule has 1 heterocycles. The quantitative estimate of drug-likeness (QED) is 0.615. The predicted molar refractivity (Wildman–Crippen MR) is 109 cm³/mol. The fourth-order valence-corrected chi connectivity index (χ4v) is 4.86. The zero-order chi connectivity index (χ0) is 19.6. The molecule has 3 rings (SSSR count). The average molecular weight is 500 g/mol. The van der Waals surface area contributed by atoms with E-state index >= 15 is 0 Å². The monoisotopic (exact) mass is 500 g/mol. The number of carboxylic acids is 1. The Kier molecular flexibility index (Phi) is 5.82. The molecular formula is C18H17IN2O5S. The molecule has 2 aromatic rings. The average Bonchev–Trinajstić information content (AvgIpc) is 3.18. The van der Waals surface area contributed by atoms with Crippen LogP contribution >= 0.6 is 22.6 Å². The number of carbonyl (C=O) groups is 2. The van der Waals surface area contributed by atoms with E-state index in [9.17, 15) is 23.1 Å². The summed E-state index contributed by atoms with van der Waals surface area (Å²) in [6.45, 7) is 1.02. The smallest absolute Gasteiger partial charge is 0.337 e. The highest BCUT2D eigenvalue weighted by molar-refractivity contribution is 14.1. The third kappa shape index (κ3) is 4.30. The Morgan fingerprint density at radius 2 is 1.67 bits per heavy atom. The number of halogens is 1. The molecule has 1 aliphatic heterocycles. The number of sulfonamides is 1. The molecule has 1 fully saturated rings. The van der Waals surface area contributed by atoms with Crippen LogP contribution < -0.4 is 5.32 Å². The van der Waals surface area contributed by atoms with Crippen molar-refractivity contribution in [2.45, 2.75) is 17.7 Å². The van der Waals surface area contributed by atoms with Crippen LogP contribution in [-0.2, 0) is 10.0 Å². The Labute approximate surface area is 170 Å². The molecule has 142 valence electrons. The summed E-state index contributed by atoms with van der Waals surface area (Å²) in [5.74, 6) is -1.65. The second-order valence-corrected chi connectivity index (χ2v) is 9.27. The molecule has 0 unspecified atom stereocenters. The Bertz CT molecular complexity index is 983. The normalized spacial score (nSPS) is 14.9. The van der Waals surface area contributed by atoms with Gasteiger partial charge in [-0.25, -0.2) is 13.2 Å². The molecule has 1 saturated heterocycles. The lowest BCUT2D eigenvalue weighted by Crippen LogP contribution is -2.27. The number of benzene rings is 2. The van der Waals surface area contributed by atoms with E-state index in [4.69, 9.17) is 0 Å². The van der Waals surface area contributed by atoms with Gasteiger partial charge in [-0.2, -0.15) is 4.31 Å². The van der Waals surface area contributed by atoms with Gasteiger partial charge in [0.1, 0.15) is 0 Å². The van der Waals surface area contributed by atoms with Crippen molar-refractivity contribution in [2.75, 3.05) is 18.4 Å². The first-order valence-electron chi connectivity index (χ1n) is 8.23. The molecule has 0 bridgehead atoms. The number of aromatic carboxylic acids is 1. The van der Waals surface area contributed by atoms with Crippen LogP contribution in [0.25, 0.3) is 0 Å². The summed E-state index contributed by atoms with van der Waals surface area (Å²) in [4.78, 5) is 23.9. The highest BCUT2D eigenvalue weighted by Crippen LogP contribution is 2.23. The van der Waals surface area contributed by atoms with Crippen molar-refractivity contribution in [2.24, 2.45) is 0 Å². The molecule has 2 N–H and O–H groups in total. The first kappa shape index (κ1) is 19.8. The van der Waals surface area contributed by atoms with Crippen LogP contribution in [0.4, 0.5) is 5.69 Å². The summed E-state index contributed by atoms with van der Waals surface area (Å²) in [5.41, 5.74) is 0.412. The summed E-state index contributed by atoms with van der Waals surface area (Å²) in [6.07, 6.45) is 1.70. The van der Waals surface area contributed by atoms with Crippen LogP contribution in [-0.4, -0.2) is 42.8 Å². The Balaban J connectivity index is 1.80. The number of amides is 1. The van der Waals surface area contributed by atoms with E-state index in [0.717, 1.165) is 16.4 Å². The molecule has 7 nitrogen and oxygen atoms in total. The van der Waals surface area contributed by atoms with Gasteiger partial charge in [-0.3, -0.25) is 4.79 Å².